The molecule has 1 aromatic heterocycles. The summed E-state index contributed by atoms with van der Waals surface area (Å²) in [4.78, 5) is 54.5. The molecule has 4 amide bonds. The molecule has 200 valence electrons. The average molecular weight is 534 g/mol. The van der Waals surface area contributed by atoms with Crippen LogP contribution in [0.1, 0.15) is 38.4 Å². The van der Waals surface area contributed by atoms with Crippen molar-refractivity contribution >= 4 is 41.3 Å². The number of amides is 4. The molecule has 1 saturated heterocycles. The highest BCUT2D eigenvalue weighted by molar-refractivity contribution is 6.46. The van der Waals surface area contributed by atoms with Crippen molar-refractivity contribution in [3.05, 3.63) is 118 Å². The van der Waals surface area contributed by atoms with Crippen molar-refractivity contribution in [3.63, 3.8) is 0 Å². The Bertz CT molecular complexity index is 1720. The van der Waals surface area contributed by atoms with Gasteiger partial charge in [0.05, 0.1) is 16.9 Å². The lowest BCUT2D eigenvalue weighted by atomic mass is 10.0. The summed E-state index contributed by atoms with van der Waals surface area (Å²) in [7, 11) is 0. The molecule has 0 bridgehead atoms. The van der Waals surface area contributed by atoms with Crippen molar-refractivity contribution in [1.82, 2.24) is 4.57 Å². The van der Waals surface area contributed by atoms with Crippen molar-refractivity contribution in [3.8, 4) is 5.69 Å². The number of aromatic nitrogens is 1. The Hall–Kier alpha value is -5.24. The molecule has 1 aliphatic rings. The molecule has 1 aliphatic heterocycles. The van der Waals surface area contributed by atoms with Gasteiger partial charge < -0.3 is 9.67 Å². The molecule has 5 rings (SSSR count). The number of carboxylic acids is 1. The fourth-order valence-electron chi connectivity index (χ4n) is 4.96. The SMILES string of the molecule is Cc1ccc(N2C(=O)/C(=C/c3cc(C)n(-c4ccc(C(=O)O)cc4C)c3C)C(=O)N(c3ccccc3)C2=O)cc1. The maximum atomic E-state index is 13.8. The van der Waals surface area contributed by atoms with E-state index in [0.29, 0.717) is 16.9 Å². The molecule has 0 atom stereocenters. The number of para-hydroxylation sites is 1. The van der Waals surface area contributed by atoms with Gasteiger partial charge in [-0.1, -0.05) is 35.9 Å². The first-order valence-electron chi connectivity index (χ1n) is 12.7. The van der Waals surface area contributed by atoms with Crippen LogP contribution in [-0.4, -0.2) is 33.5 Å². The molecular formula is C32H27N3O5. The fourth-order valence-corrected chi connectivity index (χ4v) is 4.96. The van der Waals surface area contributed by atoms with E-state index in [-0.39, 0.29) is 11.1 Å². The first-order valence-corrected chi connectivity index (χ1v) is 12.7. The van der Waals surface area contributed by atoms with Crippen LogP contribution in [0.5, 0.6) is 0 Å². The minimum atomic E-state index is -1.01. The molecule has 0 unspecified atom stereocenters. The number of anilines is 2. The van der Waals surface area contributed by atoms with E-state index in [2.05, 4.69) is 0 Å². The van der Waals surface area contributed by atoms with Crippen LogP contribution >= 0.6 is 0 Å². The van der Waals surface area contributed by atoms with Crippen LogP contribution in [0.4, 0.5) is 16.2 Å². The van der Waals surface area contributed by atoms with Gasteiger partial charge in [0, 0.05) is 17.1 Å². The molecule has 8 heteroatoms. The number of aryl methyl sites for hydroxylation is 3. The van der Waals surface area contributed by atoms with Gasteiger partial charge in [-0.05, 0) is 93.4 Å². The van der Waals surface area contributed by atoms with Crippen molar-refractivity contribution in [2.45, 2.75) is 27.7 Å². The second-order valence-corrected chi connectivity index (χ2v) is 9.76. The fraction of sp³-hybridized carbons (Fsp3) is 0.125. The molecule has 40 heavy (non-hydrogen) atoms. The van der Waals surface area contributed by atoms with Crippen LogP contribution in [0.15, 0.2) is 84.4 Å². The second-order valence-electron chi connectivity index (χ2n) is 9.76. The number of aromatic carboxylic acids is 1. The van der Waals surface area contributed by atoms with E-state index in [1.165, 1.54) is 6.08 Å². The predicted molar refractivity (Wildman–Crippen MR) is 153 cm³/mol. The Labute approximate surface area is 231 Å². The number of barbiturate groups is 1. The molecule has 0 spiro atoms. The molecule has 4 aromatic rings. The molecule has 1 N–H and O–H groups in total. The molecule has 3 aromatic carbocycles. The van der Waals surface area contributed by atoms with Crippen LogP contribution in [0.25, 0.3) is 11.8 Å². The lowest BCUT2D eigenvalue weighted by Crippen LogP contribution is -2.57. The molecule has 1 fully saturated rings. The Morgan fingerprint density at radius 1 is 0.750 bits per heavy atom. The molecule has 8 nitrogen and oxygen atoms in total. The minimum Gasteiger partial charge on any atom is -0.478 e. The van der Waals surface area contributed by atoms with E-state index in [1.54, 1.807) is 72.8 Å². The Balaban J connectivity index is 1.64. The monoisotopic (exact) mass is 533 g/mol. The van der Waals surface area contributed by atoms with Gasteiger partial charge in [0.2, 0.25) is 0 Å². The number of hydrogen-bond acceptors (Lipinski definition) is 4. The highest BCUT2D eigenvalue weighted by atomic mass is 16.4. The Morgan fingerprint density at radius 2 is 1.35 bits per heavy atom. The Kier molecular flexibility index (Phi) is 6.69. The van der Waals surface area contributed by atoms with E-state index in [9.17, 15) is 24.3 Å². The maximum Gasteiger partial charge on any atom is 0.343 e. The van der Waals surface area contributed by atoms with Crippen LogP contribution < -0.4 is 9.80 Å². The standard InChI is InChI=1S/C32H27N3O5/c1-19-10-13-26(14-11-19)35-30(37)27(29(36)34(32(35)40)25-8-6-5-7-9-25)18-24-17-21(3)33(22(24)4)28-15-12-23(31(38)39)16-20(28)2/h5-18H,1-4H3,(H,38,39)/b27-18+. The molecular weight excluding hydrogens is 506 g/mol. The third-order valence-electron chi connectivity index (χ3n) is 7.01. The zero-order valence-electron chi connectivity index (χ0n) is 22.5. The lowest BCUT2D eigenvalue weighted by molar-refractivity contribution is -0.121. The summed E-state index contributed by atoms with van der Waals surface area (Å²) in [5.41, 5.74) is 5.47. The van der Waals surface area contributed by atoms with E-state index in [4.69, 9.17) is 0 Å². The van der Waals surface area contributed by atoms with Crippen LogP contribution in [0.3, 0.4) is 0 Å². The van der Waals surface area contributed by atoms with Crippen molar-refractivity contribution in [2.75, 3.05) is 9.80 Å². The third-order valence-corrected chi connectivity index (χ3v) is 7.01. The summed E-state index contributed by atoms with van der Waals surface area (Å²) in [6.07, 6.45) is 1.52. The summed E-state index contributed by atoms with van der Waals surface area (Å²) in [6, 6.07) is 21.5. The van der Waals surface area contributed by atoms with Gasteiger partial charge in [-0.15, -0.1) is 0 Å². The largest absolute Gasteiger partial charge is 0.478 e. The number of carbonyl (C=O) groups excluding carboxylic acids is 3. The number of carbonyl (C=O) groups is 4. The number of nitrogens with zero attached hydrogens (tertiary/aromatic N) is 3. The normalized spacial score (nSPS) is 14.8. The van der Waals surface area contributed by atoms with Crippen molar-refractivity contribution in [1.29, 1.82) is 0 Å². The van der Waals surface area contributed by atoms with E-state index in [0.717, 1.165) is 38.0 Å². The smallest absolute Gasteiger partial charge is 0.343 e. The van der Waals surface area contributed by atoms with Crippen LogP contribution in [0, 0.1) is 27.7 Å². The van der Waals surface area contributed by atoms with Gasteiger partial charge in [0.25, 0.3) is 11.8 Å². The summed E-state index contributed by atoms with van der Waals surface area (Å²) >= 11 is 0. The quantitative estimate of drug-likeness (QED) is 0.251. The van der Waals surface area contributed by atoms with Crippen molar-refractivity contribution < 1.29 is 24.3 Å². The van der Waals surface area contributed by atoms with Gasteiger partial charge in [0.1, 0.15) is 5.57 Å². The summed E-state index contributed by atoms with van der Waals surface area (Å²) in [6.45, 7) is 7.49. The third kappa shape index (κ3) is 4.49. The summed E-state index contributed by atoms with van der Waals surface area (Å²) in [5.74, 6) is -2.43. The number of carboxylic acid groups (broad SMARTS) is 1. The van der Waals surface area contributed by atoms with Crippen molar-refractivity contribution in [2.24, 2.45) is 0 Å². The van der Waals surface area contributed by atoms with Gasteiger partial charge in [-0.2, -0.15) is 0 Å². The van der Waals surface area contributed by atoms with Gasteiger partial charge >= 0.3 is 12.0 Å². The summed E-state index contributed by atoms with van der Waals surface area (Å²) in [5, 5.41) is 9.35. The lowest BCUT2D eigenvalue weighted by Gasteiger charge is -2.34. The Morgan fingerprint density at radius 3 is 1.93 bits per heavy atom. The second kappa shape index (κ2) is 10.1. The summed E-state index contributed by atoms with van der Waals surface area (Å²) < 4.78 is 1.95. The number of rotatable bonds is 5. The molecule has 0 saturated carbocycles. The average Bonchev–Trinajstić information content (AvgIpc) is 3.20. The van der Waals surface area contributed by atoms with Crippen LogP contribution in [0.2, 0.25) is 0 Å². The topological polar surface area (TPSA) is 99.9 Å². The number of imide groups is 2. The minimum absolute atomic E-state index is 0.151. The van der Waals surface area contributed by atoms with Crippen LogP contribution in [-0.2, 0) is 9.59 Å². The first-order chi connectivity index (χ1) is 19.1. The van der Waals surface area contributed by atoms with Gasteiger partial charge in [-0.25, -0.2) is 19.4 Å². The predicted octanol–water partition coefficient (Wildman–Crippen LogP) is 5.99. The zero-order valence-corrected chi connectivity index (χ0v) is 22.5. The maximum absolute atomic E-state index is 13.8. The first kappa shape index (κ1) is 26.4. The van der Waals surface area contributed by atoms with Gasteiger partial charge in [0.15, 0.2) is 0 Å². The van der Waals surface area contributed by atoms with Gasteiger partial charge in [-0.3, -0.25) is 9.59 Å². The zero-order chi connectivity index (χ0) is 28.7. The highest BCUT2D eigenvalue weighted by Crippen LogP contribution is 2.31. The number of benzene rings is 3. The number of hydrogen-bond donors (Lipinski definition) is 1. The van der Waals surface area contributed by atoms with E-state index >= 15 is 0 Å². The molecule has 0 aliphatic carbocycles. The van der Waals surface area contributed by atoms with E-state index < -0.39 is 23.8 Å². The highest BCUT2D eigenvalue weighted by Gasteiger charge is 2.43. The molecule has 2 heterocycles. The molecule has 0 radical (unpaired) electrons. The number of urea groups is 1. The van der Waals surface area contributed by atoms with E-state index in [1.807, 2.05) is 38.3 Å².